The number of ether oxygens (including phenoxy) is 1. The van der Waals surface area contributed by atoms with Crippen molar-refractivity contribution in [2.24, 2.45) is 0 Å². The summed E-state index contributed by atoms with van der Waals surface area (Å²) in [5.74, 6) is 0.945. The van der Waals surface area contributed by atoms with Gasteiger partial charge in [0, 0.05) is 5.56 Å². The first-order valence-electron chi connectivity index (χ1n) is 11.8. The third kappa shape index (κ3) is 9.25. The molecule has 0 aliphatic heterocycles. The molecule has 0 fully saturated rings. The van der Waals surface area contributed by atoms with E-state index in [0.29, 0.717) is 0 Å². The van der Waals surface area contributed by atoms with Gasteiger partial charge >= 0.3 is 0 Å². The second kappa shape index (κ2) is 12.9. The van der Waals surface area contributed by atoms with Crippen LogP contribution in [0.2, 0.25) is 19.6 Å². The van der Waals surface area contributed by atoms with E-state index in [1.165, 1.54) is 69.8 Å². The van der Waals surface area contributed by atoms with E-state index in [9.17, 15) is 0 Å². The lowest BCUT2D eigenvalue weighted by Gasteiger charge is -2.18. The molecule has 1 atom stereocenters. The molecule has 0 aliphatic carbocycles. The van der Waals surface area contributed by atoms with Crippen molar-refractivity contribution in [3.8, 4) is 5.75 Å². The molecule has 1 unspecified atom stereocenters. The minimum atomic E-state index is -1.44. The van der Waals surface area contributed by atoms with E-state index in [1.807, 2.05) is 36.6 Å². The number of unbranched alkanes of at least 4 members (excludes halogenated alkanes) is 9. The van der Waals surface area contributed by atoms with Crippen molar-refractivity contribution in [1.29, 1.82) is 0 Å². The van der Waals surface area contributed by atoms with Crippen LogP contribution in [0.15, 0.2) is 47.1 Å². The average molecular weight is 415 g/mol. The van der Waals surface area contributed by atoms with E-state index in [-0.39, 0.29) is 6.10 Å². The molecule has 0 saturated heterocycles. The summed E-state index contributed by atoms with van der Waals surface area (Å²) >= 11 is 0. The zero-order chi connectivity index (χ0) is 21.0. The molecule has 2 aromatic rings. The fraction of sp³-hybridized carbons (Fsp3) is 0.615. The van der Waals surface area contributed by atoms with Crippen LogP contribution < -0.4 is 10.1 Å². The summed E-state index contributed by atoms with van der Waals surface area (Å²) < 4.78 is 12.3. The summed E-state index contributed by atoms with van der Waals surface area (Å²) in [6.45, 7) is 9.25. The van der Waals surface area contributed by atoms with E-state index in [4.69, 9.17) is 9.15 Å². The molecule has 0 amide bonds. The molecule has 0 saturated carbocycles. The van der Waals surface area contributed by atoms with Crippen LogP contribution in [0, 0.1) is 0 Å². The smallest absolute Gasteiger partial charge is 0.127 e. The first-order chi connectivity index (χ1) is 14.0. The Morgan fingerprint density at radius 2 is 1.41 bits per heavy atom. The molecule has 0 radical (unpaired) electrons. The topological polar surface area (TPSA) is 22.4 Å². The van der Waals surface area contributed by atoms with Crippen LogP contribution >= 0.6 is 0 Å². The fourth-order valence-corrected chi connectivity index (χ4v) is 4.70. The molecule has 162 valence electrons. The lowest BCUT2D eigenvalue weighted by atomic mass is 10.0. The first-order valence-corrected chi connectivity index (χ1v) is 15.3. The van der Waals surface area contributed by atoms with E-state index in [0.717, 1.165) is 17.6 Å². The minimum absolute atomic E-state index is 0.0836. The average Bonchev–Trinajstić information content (AvgIpc) is 3.20. The van der Waals surface area contributed by atoms with Gasteiger partial charge in [0.1, 0.15) is 19.9 Å². The maximum Gasteiger partial charge on any atom is 0.127 e. The highest BCUT2D eigenvalue weighted by molar-refractivity contribution is 6.87. The monoisotopic (exact) mass is 414 g/mol. The Kier molecular flexibility index (Phi) is 10.6. The quantitative estimate of drug-likeness (QED) is 0.216. The van der Waals surface area contributed by atoms with Crippen LogP contribution in [0.25, 0.3) is 0 Å². The summed E-state index contributed by atoms with van der Waals surface area (Å²) in [6.07, 6.45) is 16.7. The molecule has 0 spiro atoms. The molecule has 1 aromatic carbocycles. The van der Waals surface area contributed by atoms with Gasteiger partial charge in [-0.1, -0.05) is 103 Å². The highest BCUT2D eigenvalue weighted by atomic mass is 28.3. The third-order valence-corrected chi connectivity index (χ3v) is 7.31. The minimum Gasteiger partial charge on any atom is -0.486 e. The summed E-state index contributed by atoms with van der Waals surface area (Å²) in [5, 5.41) is 1.16. The predicted octanol–water partition coefficient (Wildman–Crippen LogP) is 8.26. The largest absolute Gasteiger partial charge is 0.486 e. The molecule has 1 heterocycles. The molecule has 0 aliphatic rings. The Labute approximate surface area is 180 Å². The molecule has 2 rings (SSSR count). The highest BCUT2D eigenvalue weighted by Crippen LogP contribution is 2.27. The number of rotatable bonds is 15. The molecule has 2 nitrogen and oxygen atoms in total. The van der Waals surface area contributed by atoms with E-state index < -0.39 is 8.07 Å². The summed E-state index contributed by atoms with van der Waals surface area (Å²) in [7, 11) is -1.44. The van der Waals surface area contributed by atoms with Gasteiger partial charge in [-0.05, 0) is 31.0 Å². The van der Waals surface area contributed by atoms with Gasteiger partial charge in [0.05, 0.1) is 11.6 Å². The number of benzene rings is 1. The molecular weight excluding hydrogens is 372 g/mol. The Morgan fingerprint density at radius 1 is 0.828 bits per heavy atom. The van der Waals surface area contributed by atoms with Crippen molar-refractivity contribution in [2.75, 3.05) is 0 Å². The molecule has 0 N–H and O–H groups in total. The molecule has 29 heavy (non-hydrogen) atoms. The number of furan rings is 1. The Balaban J connectivity index is 1.79. The van der Waals surface area contributed by atoms with E-state index >= 15 is 0 Å². The lowest BCUT2D eigenvalue weighted by molar-refractivity contribution is 0.189. The van der Waals surface area contributed by atoms with Crippen LogP contribution in [0.5, 0.6) is 5.75 Å². The maximum atomic E-state index is 6.36. The summed E-state index contributed by atoms with van der Waals surface area (Å²) in [4.78, 5) is 0. The number of hydrogen-bond donors (Lipinski definition) is 0. The van der Waals surface area contributed by atoms with Gasteiger partial charge in [-0.3, -0.25) is 0 Å². The highest BCUT2D eigenvalue weighted by Gasteiger charge is 2.24. The van der Waals surface area contributed by atoms with Gasteiger partial charge in [0.15, 0.2) is 0 Å². The van der Waals surface area contributed by atoms with Crippen LogP contribution in [0.1, 0.15) is 89.2 Å². The predicted molar refractivity (Wildman–Crippen MR) is 128 cm³/mol. The normalized spacial score (nSPS) is 12.8. The Hall–Kier alpha value is -1.48. The van der Waals surface area contributed by atoms with Crippen LogP contribution in [-0.4, -0.2) is 8.07 Å². The third-order valence-electron chi connectivity index (χ3n) is 5.57. The molecule has 3 heteroatoms. The van der Waals surface area contributed by atoms with E-state index in [1.54, 1.807) is 0 Å². The Bertz CT molecular complexity index is 657. The number of para-hydroxylation sites is 1. The van der Waals surface area contributed by atoms with Crippen molar-refractivity contribution in [3.05, 3.63) is 48.2 Å². The van der Waals surface area contributed by atoms with Gasteiger partial charge in [-0.2, -0.15) is 0 Å². The van der Waals surface area contributed by atoms with Crippen LogP contribution in [0.3, 0.4) is 0 Å². The fourth-order valence-electron chi connectivity index (χ4n) is 3.69. The second-order valence-electron chi connectivity index (χ2n) is 9.38. The SMILES string of the molecule is CCCCCCCCCCCCC(Oc1ccccc1)c1coc([Si](C)(C)C)c1. The van der Waals surface area contributed by atoms with Gasteiger partial charge in [0.25, 0.3) is 0 Å². The van der Waals surface area contributed by atoms with Crippen molar-refractivity contribution in [2.45, 2.75) is 103 Å². The first kappa shape index (κ1) is 23.8. The second-order valence-corrected chi connectivity index (χ2v) is 14.4. The van der Waals surface area contributed by atoms with Crippen molar-refractivity contribution < 1.29 is 9.15 Å². The Morgan fingerprint density at radius 3 is 1.97 bits per heavy atom. The zero-order valence-corrected chi connectivity index (χ0v) is 20.2. The lowest BCUT2D eigenvalue weighted by Crippen LogP contribution is -2.36. The van der Waals surface area contributed by atoms with Gasteiger partial charge in [-0.15, -0.1) is 0 Å². The molecular formula is C26H42O2Si. The van der Waals surface area contributed by atoms with Crippen LogP contribution in [-0.2, 0) is 0 Å². The van der Waals surface area contributed by atoms with Gasteiger partial charge in [0.2, 0.25) is 0 Å². The molecule has 0 bridgehead atoms. The molecule has 1 aromatic heterocycles. The summed E-state index contributed by atoms with van der Waals surface area (Å²) in [5.41, 5.74) is 1.20. The maximum absolute atomic E-state index is 6.36. The van der Waals surface area contributed by atoms with Gasteiger partial charge in [-0.25, -0.2) is 0 Å². The van der Waals surface area contributed by atoms with Crippen molar-refractivity contribution >= 4 is 13.5 Å². The number of hydrogen-bond acceptors (Lipinski definition) is 2. The zero-order valence-electron chi connectivity index (χ0n) is 19.2. The van der Waals surface area contributed by atoms with Gasteiger partial charge < -0.3 is 9.15 Å². The van der Waals surface area contributed by atoms with Crippen molar-refractivity contribution in [1.82, 2.24) is 0 Å². The van der Waals surface area contributed by atoms with Crippen molar-refractivity contribution in [3.63, 3.8) is 0 Å². The van der Waals surface area contributed by atoms with E-state index in [2.05, 4.69) is 32.6 Å². The summed E-state index contributed by atoms with van der Waals surface area (Å²) in [6, 6.07) is 12.4. The standard InChI is InChI=1S/C26H42O2Si/c1-5-6-7-8-9-10-11-12-13-17-20-25(28-24-18-15-14-16-19-24)23-21-26(27-22-23)29(2,3)4/h14-16,18-19,21-22,25H,5-13,17,20H2,1-4H3. The van der Waals surface area contributed by atoms with Crippen LogP contribution in [0.4, 0.5) is 0 Å².